The van der Waals surface area contributed by atoms with E-state index in [1.54, 1.807) is 18.3 Å². The normalized spacial score (nSPS) is 14.9. The highest BCUT2D eigenvalue weighted by atomic mass is 16.5. The number of nitrogens with one attached hydrogen (secondary N) is 1. The highest BCUT2D eigenvalue weighted by Gasteiger charge is 2.14. The fourth-order valence-corrected chi connectivity index (χ4v) is 3.33. The van der Waals surface area contributed by atoms with Gasteiger partial charge in [0.05, 0.1) is 0 Å². The van der Waals surface area contributed by atoms with Gasteiger partial charge in [0.15, 0.2) is 5.58 Å². The number of ether oxygens (including phenoxy) is 1. The molecule has 1 aliphatic carbocycles. The van der Waals surface area contributed by atoms with E-state index in [1.165, 1.54) is 32.1 Å². The molecule has 4 rings (SSSR count). The summed E-state index contributed by atoms with van der Waals surface area (Å²) in [5.74, 6) is 2.22. The molecule has 1 aliphatic rings. The van der Waals surface area contributed by atoms with Gasteiger partial charge in [0.2, 0.25) is 0 Å². The number of anilines is 1. The molecule has 0 saturated heterocycles. The Morgan fingerprint density at radius 1 is 1.15 bits per heavy atom. The molecule has 1 N–H and O–H groups in total. The maximum absolute atomic E-state index is 7.02. The second-order valence-corrected chi connectivity index (χ2v) is 6.60. The van der Waals surface area contributed by atoms with Crippen LogP contribution in [0.3, 0.4) is 0 Å². The molecule has 3 aromatic rings. The first-order valence-electron chi connectivity index (χ1n) is 8.96. The van der Waals surface area contributed by atoms with Crippen molar-refractivity contribution >= 4 is 22.9 Å². The van der Waals surface area contributed by atoms with Crippen LogP contribution >= 0.6 is 0 Å². The maximum Gasteiger partial charge on any atom is 0.295 e. The van der Waals surface area contributed by atoms with E-state index < -0.39 is 0 Å². The van der Waals surface area contributed by atoms with E-state index in [-0.39, 0.29) is 0 Å². The molecule has 1 aromatic carbocycles. The average Bonchev–Trinajstić information content (AvgIpc) is 3.09. The van der Waals surface area contributed by atoms with Gasteiger partial charge in [0, 0.05) is 24.7 Å². The van der Waals surface area contributed by atoms with Crippen LogP contribution in [-0.4, -0.2) is 16.5 Å². The lowest BCUT2D eigenvalue weighted by Crippen LogP contribution is -2.17. The third-order valence-corrected chi connectivity index (χ3v) is 4.69. The van der Waals surface area contributed by atoms with E-state index in [0.29, 0.717) is 34.8 Å². The molecule has 2 aromatic heterocycles. The van der Waals surface area contributed by atoms with E-state index in [2.05, 4.69) is 20.1 Å². The summed E-state index contributed by atoms with van der Waals surface area (Å²) in [5, 5.41) is 3.33. The van der Waals surface area contributed by atoms with Gasteiger partial charge in [0.25, 0.3) is 11.8 Å². The van der Waals surface area contributed by atoms with Crippen molar-refractivity contribution in [3.05, 3.63) is 47.9 Å². The first kappa shape index (κ1) is 16.4. The second-order valence-electron chi connectivity index (χ2n) is 6.60. The number of rotatable bonds is 5. The number of nitrogens with zero attached hydrogens (tertiary/aromatic N) is 3. The van der Waals surface area contributed by atoms with E-state index in [9.17, 15) is 0 Å². The second kappa shape index (κ2) is 7.44. The number of fused-ring (bicyclic) bond motifs is 1. The minimum atomic E-state index is 0.303. The topological polar surface area (TPSA) is 64.5 Å². The first-order chi connectivity index (χ1) is 12.8. The van der Waals surface area contributed by atoms with Crippen molar-refractivity contribution in [2.24, 2.45) is 5.92 Å². The van der Waals surface area contributed by atoms with Crippen LogP contribution in [0.25, 0.3) is 15.9 Å². The Morgan fingerprint density at radius 3 is 2.85 bits per heavy atom. The Bertz CT molecular complexity index is 938. The molecular weight excluding hydrogens is 328 g/mol. The molecule has 0 spiro atoms. The molecule has 2 heterocycles. The lowest BCUT2D eigenvalue weighted by atomic mass is 9.89. The number of aromatic nitrogens is 2. The van der Waals surface area contributed by atoms with Crippen LogP contribution in [0.15, 0.2) is 40.9 Å². The summed E-state index contributed by atoms with van der Waals surface area (Å²) in [7, 11) is 0. The van der Waals surface area contributed by atoms with Gasteiger partial charge in [-0.2, -0.15) is 4.98 Å². The van der Waals surface area contributed by atoms with Crippen LogP contribution < -0.4 is 10.1 Å². The van der Waals surface area contributed by atoms with Gasteiger partial charge in [-0.15, -0.1) is 4.98 Å². The molecule has 1 saturated carbocycles. The number of hydrogen-bond donors (Lipinski definition) is 1. The predicted molar refractivity (Wildman–Crippen MR) is 99.6 cm³/mol. The Morgan fingerprint density at radius 2 is 2.00 bits per heavy atom. The summed E-state index contributed by atoms with van der Waals surface area (Å²) >= 11 is 0. The highest BCUT2D eigenvalue weighted by molar-refractivity contribution is 5.76. The van der Waals surface area contributed by atoms with Crippen LogP contribution in [-0.2, 0) is 0 Å². The smallest absolute Gasteiger partial charge is 0.295 e. The molecule has 0 radical (unpaired) electrons. The van der Waals surface area contributed by atoms with Gasteiger partial charge in [-0.25, -0.2) is 0 Å². The Labute approximate surface area is 152 Å². The zero-order valence-corrected chi connectivity index (χ0v) is 14.4. The average molecular weight is 348 g/mol. The summed E-state index contributed by atoms with van der Waals surface area (Å²) in [6.07, 6.45) is 8.13. The lowest BCUT2D eigenvalue weighted by Gasteiger charge is -2.21. The van der Waals surface area contributed by atoms with E-state index in [0.717, 1.165) is 12.1 Å². The summed E-state index contributed by atoms with van der Waals surface area (Å²) in [6.45, 7) is 7.93. The van der Waals surface area contributed by atoms with E-state index >= 15 is 0 Å². The quantitative estimate of drug-likeness (QED) is 0.612. The third kappa shape index (κ3) is 3.77. The first-order valence-corrected chi connectivity index (χ1v) is 8.96. The van der Waals surface area contributed by atoms with Gasteiger partial charge in [-0.3, -0.25) is 0 Å². The zero-order chi connectivity index (χ0) is 17.8. The van der Waals surface area contributed by atoms with Crippen LogP contribution in [0, 0.1) is 12.5 Å². The van der Waals surface area contributed by atoms with Crippen molar-refractivity contribution in [1.82, 2.24) is 9.97 Å². The van der Waals surface area contributed by atoms with Gasteiger partial charge in [0.1, 0.15) is 23.2 Å². The molecule has 0 amide bonds. The van der Waals surface area contributed by atoms with Gasteiger partial charge >= 0.3 is 0 Å². The van der Waals surface area contributed by atoms with Crippen molar-refractivity contribution in [2.45, 2.75) is 32.1 Å². The molecular formula is C20H20N4O2. The van der Waals surface area contributed by atoms with Gasteiger partial charge in [-0.05, 0) is 30.9 Å². The Kier molecular flexibility index (Phi) is 4.69. The van der Waals surface area contributed by atoms with Crippen molar-refractivity contribution in [1.29, 1.82) is 0 Å². The molecule has 0 unspecified atom stereocenters. The third-order valence-electron chi connectivity index (χ3n) is 4.69. The summed E-state index contributed by atoms with van der Waals surface area (Å²) in [5.41, 5.74) is 1.47. The SMILES string of the molecule is [C-]#[N+]c1cc(Oc2ccc3nc(NCC4CCCCC4)oc3c2)ccn1. The fraction of sp³-hybridized carbons (Fsp3) is 0.350. The van der Waals surface area contributed by atoms with Crippen LogP contribution in [0.2, 0.25) is 0 Å². The number of benzene rings is 1. The Balaban J connectivity index is 1.45. The zero-order valence-electron chi connectivity index (χ0n) is 14.4. The van der Waals surface area contributed by atoms with Crippen LogP contribution in [0.5, 0.6) is 11.5 Å². The van der Waals surface area contributed by atoms with Crippen LogP contribution in [0.4, 0.5) is 11.8 Å². The van der Waals surface area contributed by atoms with Crippen LogP contribution in [0.1, 0.15) is 32.1 Å². The standard InChI is InChI=1S/C20H20N4O2/c1-21-19-12-16(9-10-22-19)25-15-7-8-17-18(11-15)26-20(24-17)23-13-14-5-3-2-4-6-14/h7-12,14H,2-6,13H2,(H,23,24). The molecule has 6 heteroatoms. The summed E-state index contributed by atoms with van der Waals surface area (Å²) < 4.78 is 11.6. The molecule has 6 nitrogen and oxygen atoms in total. The van der Waals surface area contributed by atoms with Gasteiger partial charge < -0.3 is 19.3 Å². The number of pyridine rings is 1. The van der Waals surface area contributed by atoms with E-state index in [4.69, 9.17) is 15.7 Å². The minimum Gasteiger partial charge on any atom is -0.458 e. The lowest BCUT2D eigenvalue weighted by molar-refractivity contribution is 0.371. The Hall–Kier alpha value is -3.07. The largest absolute Gasteiger partial charge is 0.458 e. The van der Waals surface area contributed by atoms with Crippen molar-refractivity contribution in [3.63, 3.8) is 0 Å². The summed E-state index contributed by atoms with van der Waals surface area (Å²) in [4.78, 5) is 11.7. The monoisotopic (exact) mass is 348 g/mol. The van der Waals surface area contributed by atoms with Crippen molar-refractivity contribution < 1.29 is 9.15 Å². The molecule has 1 fully saturated rings. The predicted octanol–water partition coefficient (Wildman–Crippen LogP) is 5.56. The minimum absolute atomic E-state index is 0.303. The fourth-order valence-electron chi connectivity index (χ4n) is 3.33. The number of hydrogen-bond acceptors (Lipinski definition) is 5. The van der Waals surface area contributed by atoms with E-state index in [1.807, 2.05) is 18.2 Å². The van der Waals surface area contributed by atoms with Crippen molar-refractivity contribution in [3.8, 4) is 11.5 Å². The highest BCUT2D eigenvalue weighted by Crippen LogP contribution is 2.29. The molecule has 0 aliphatic heterocycles. The molecule has 132 valence electrons. The molecule has 26 heavy (non-hydrogen) atoms. The molecule has 0 bridgehead atoms. The summed E-state index contributed by atoms with van der Waals surface area (Å²) in [6, 6.07) is 9.41. The number of oxazole rings is 1. The maximum atomic E-state index is 7.02. The molecule has 0 atom stereocenters. The van der Waals surface area contributed by atoms with Crippen molar-refractivity contribution in [2.75, 3.05) is 11.9 Å². The van der Waals surface area contributed by atoms with Gasteiger partial charge in [-0.1, -0.05) is 25.8 Å².